The van der Waals surface area contributed by atoms with E-state index in [2.05, 4.69) is 52.3 Å². The first kappa shape index (κ1) is 31.3. The van der Waals surface area contributed by atoms with Crippen molar-refractivity contribution in [2.45, 2.75) is 143 Å². The minimum absolute atomic E-state index is 0.578. The fraction of sp³-hybridized carbons (Fsp3) is 0.852. The topological polar surface area (TPSA) is 27.7 Å². The van der Waals surface area contributed by atoms with Crippen molar-refractivity contribution in [3.63, 3.8) is 0 Å². The fourth-order valence-corrected chi connectivity index (χ4v) is 5.21. The quantitative estimate of drug-likeness (QED) is 0.0701. The third-order valence-electron chi connectivity index (χ3n) is 5.20. The van der Waals surface area contributed by atoms with Crippen molar-refractivity contribution in [3.8, 4) is 0 Å². The summed E-state index contributed by atoms with van der Waals surface area (Å²) in [5.74, 6) is 1.49. The van der Waals surface area contributed by atoms with Gasteiger partial charge in [-0.2, -0.15) is 0 Å². The molecule has 0 aliphatic carbocycles. The van der Waals surface area contributed by atoms with Gasteiger partial charge in [-0.05, 0) is 58.2 Å². The lowest BCUT2D eigenvalue weighted by atomic mass is 10.0. The third kappa shape index (κ3) is 22.5. The highest BCUT2D eigenvalue weighted by Gasteiger charge is 2.21. The van der Waals surface area contributed by atoms with E-state index in [1.807, 2.05) is 6.08 Å². The monoisotopic (exact) mass is 484 g/mol. The van der Waals surface area contributed by atoms with Crippen LogP contribution >= 0.6 is 0 Å². The van der Waals surface area contributed by atoms with Crippen molar-refractivity contribution >= 4 is 16.6 Å². The average molecular weight is 485 g/mol. The fourth-order valence-electron chi connectivity index (χ4n) is 3.61. The smallest absolute Gasteiger partial charge is 0.268 e. The summed E-state index contributed by atoms with van der Waals surface area (Å²) in [4.78, 5) is 0. The van der Waals surface area contributed by atoms with Crippen LogP contribution in [-0.2, 0) is 13.6 Å². The summed E-state index contributed by atoms with van der Waals surface area (Å²) < 4.78 is 17.8. The molecule has 0 N–H and O–H groups in total. The normalized spacial score (nSPS) is 13.4. The highest BCUT2D eigenvalue weighted by atomic mass is 28.4. The van der Waals surface area contributed by atoms with E-state index in [0.29, 0.717) is 5.95 Å². The summed E-state index contributed by atoms with van der Waals surface area (Å²) in [5, 5.41) is 0. The molecule has 190 valence electrons. The SMILES string of the molecule is CCCCCCCCCCCCCCCC/C=C(/C=C(/OC)O[Si](C)(C)C)O[Si](C)(C)C. The molecule has 0 aromatic heterocycles. The van der Waals surface area contributed by atoms with E-state index < -0.39 is 16.6 Å². The van der Waals surface area contributed by atoms with Crippen LogP contribution in [0.5, 0.6) is 0 Å². The lowest BCUT2D eigenvalue weighted by molar-refractivity contribution is 0.145. The highest BCUT2D eigenvalue weighted by molar-refractivity contribution is 6.70. The van der Waals surface area contributed by atoms with Crippen LogP contribution in [0.25, 0.3) is 0 Å². The van der Waals surface area contributed by atoms with E-state index in [1.54, 1.807) is 7.11 Å². The summed E-state index contributed by atoms with van der Waals surface area (Å²) in [5.41, 5.74) is 0. The second-order valence-corrected chi connectivity index (χ2v) is 19.9. The van der Waals surface area contributed by atoms with Crippen LogP contribution in [0.15, 0.2) is 23.9 Å². The molecule has 0 aromatic rings. The van der Waals surface area contributed by atoms with Crippen molar-refractivity contribution < 1.29 is 13.6 Å². The van der Waals surface area contributed by atoms with Crippen molar-refractivity contribution in [2.24, 2.45) is 0 Å². The third-order valence-corrected chi connectivity index (χ3v) is 6.86. The van der Waals surface area contributed by atoms with Gasteiger partial charge in [-0.25, -0.2) is 0 Å². The molecule has 0 fully saturated rings. The van der Waals surface area contributed by atoms with Crippen LogP contribution in [0, 0.1) is 0 Å². The molecule has 3 nitrogen and oxygen atoms in total. The molecule has 5 heteroatoms. The minimum Gasteiger partial charge on any atom is -0.544 e. The zero-order chi connectivity index (χ0) is 24.3. The Morgan fingerprint density at radius 3 is 1.38 bits per heavy atom. The van der Waals surface area contributed by atoms with Gasteiger partial charge >= 0.3 is 0 Å². The van der Waals surface area contributed by atoms with Gasteiger partial charge in [0.25, 0.3) is 5.95 Å². The van der Waals surface area contributed by atoms with Crippen molar-refractivity contribution in [2.75, 3.05) is 7.11 Å². The Labute approximate surface area is 203 Å². The number of ether oxygens (including phenoxy) is 1. The molecule has 0 aromatic carbocycles. The molecule has 0 rings (SSSR count). The highest BCUT2D eigenvalue weighted by Crippen LogP contribution is 2.19. The van der Waals surface area contributed by atoms with Crippen LogP contribution in [0.2, 0.25) is 39.3 Å². The van der Waals surface area contributed by atoms with Gasteiger partial charge in [0.15, 0.2) is 0 Å². The molecule has 0 aliphatic heterocycles. The molecule has 0 aliphatic rings. The first-order chi connectivity index (χ1) is 15.1. The molecule has 0 saturated carbocycles. The molecular formula is C27H56O3Si2. The standard InChI is InChI=1S/C27H56O3Si2/c1-9-10-11-12-13-14-15-16-17-18-19-20-21-22-23-24-26(29-31(3,4)5)25-27(28-2)30-32(6,7)8/h24-25H,9-23H2,1-8H3/b26-24-,27-25-. The van der Waals surface area contributed by atoms with Crippen LogP contribution in [0.3, 0.4) is 0 Å². The van der Waals surface area contributed by atoms with Crippen molar-refractivity contribution in [3.05, 3.63) is 23.9 Å². The number of hydrogen-bond donors (Lipinski definition) is 0. The van der Waals surface area contributed by atoms with Crippen LogP contribution < -0.4 is 0 Å². The molecule has 0 spiro atoms. The summed E-state index contributed by atoms with van der Waals surface area (Å²) >= 11 is 0. The maximum absolute atomic E-state index is 6.28. The van der Waals surface area contributed by atoms with Gasteiger partial charge < -0.3 is 13.6 Å². The van der Waals surface area contributed by atoms with Gasteiger partial charge in [0, 0.05) is 0 Å². The largest absolute Gasteiger partial charge is 0.544 e. The van der Waals surface area contributed by atoms with E-state index >= 15 is 0 Å². The zero-order valence-electron chi connectivity index (χ0n) is 23.0. The maximum Gasteiger partial charge on any atom is 0.268 e. The molecular weight excluding hydrogens is 428 g/mol. The second kappa shape index (κ2) is 18.7. The lowest BCUT2D eigenvalue weighted by Crippen LogP contribution is -2.26. The van der Waals surface area contributed by atoms with Gasteiger partial charge in [-0.15, -0.1) is 0 Å². The van der Waals surface area contributed by atoms with E-state index in [0.717, 1.165) is 12.2 Å². The van der Waals surface area contributed by atoms with Crippen molar-refractivity contribution in [1.82, 2.24) is 0 Å². The van der Waals surface area contributed by atoms with E-state index in [1.165, 1.54) is 89.9 Å². The Hall–Kier alpha value is -0.686. The number of methoxy groups -OCH3 is 1. The minimum atomic E-state index is -1.71. The van der Waals surface area contributed by atoms with Gasteiger partial charge in [0.1, 0.15) is 5.76 Å². The van der Waals surface area contributed by atoms with Crippen LogP contribution in [0.4, 0.5) is 0 Å². The molecule has 0 bridgehead atoms. The molecule has 0 amide bonds. The predicted octanol–water partition coefficient (Wildman–Crippen LogP) is 9.93. The Morgan fingerprint density at radius 1 is 0.594 bits per heavy atom. The number of unbranched alkanes of at least 4 members (excludes halogenated alkanes) is 14. The van der Waals surface area contributed by atoms with E-state index in [-0.39, 0.29) is 0 Å². The number of allylic oxidation sites excluding steroid dienone is 2. The molecule has 32 heavy (non-hydrogen) atoms. The Balaban J connectivity index is 4.09. The summed E-state index contributed by atoms with van der Waals surface area (Å²) in [7, 11) is -1.71. The van der Waals surface area contributed by atoms with E-state index in [4.69, 9.17) is 13.6 Å². The molecule has 0 radical (unpaired) electrons. The van der Waals surface area contributed by atoms with Crippen molar-refractivity contribution in [1.29, 1.82) is 0 Å². The molecule has 0 heterocycles. The molecule has 0 unspecified atom stereocenters. The van der Waals surface area contributed by atoms with Gasteiger partial charge in [-0.3, -0.25) is 0 Å². The summed E-state index contributed by atoms with van der Waals surface area (Å²) in [6, 6.07) is 0. The Morgan fingerprint density at radius 2 is 1.00 bits per heavy atom. The lowest BCUT2D eigenvalue weighted by Gasteiger charge is -2.23. The van der Waals surface area contributed by atoms with Gasteiger partial charge in [0.2, 0.25) is 16.6 Å². The number of rotatable bonds is 21. The van der Waals surface area contributed by atoms with Gasteiger partial charge in [-0.1, -0.05) is 90.4 Å². The number of hydrogen-bond acceptors (Lipinski definition) is 3. The summed E-state index contributed by atoms with van der Waals surface area (Å²) in [6.45, 7) is 15.4. The Bertz CT molecular complexity index is 502. The van der Waals surface area contributed by atoms with Crippen LogP contribution in [0.1, 0.15) is 103 Å². The average Bonchev–Trinajstić information content (AvgIpc) is 2.68. The summed E-state index contributed by atoms with van der Waals surface area (Å²) in [6.07, 6.45) is 24.7. The predicted molar refractivity (Wildman–Crippen MR) is 147 cm³/mol. The Kier molecular flexibility index (Phi) is 18.3. The first-order valence-electron chi connectivity index (χ1n) is 13.4. The maximum atomic E-state index is 6.28. The zero-order valence-corrected chi connectivity index (χ0v) is 25.0. The molecule has 0 saturated heterocycles. The van der Waals surface area contributed by atoms with Crippen LogP contribution in [-0.4, -0.2) is 23.7 Å². The van der Waals surface area contributed by atoms with E-state index in [9.17, 15) is 0 Å². The first-order valence-corrected chi connectivity index (χ1v) is 20.2. The second-order valence-electron chi connectivity index (χ2n) is 11.1. The van der Waals surface area contributed by atoms with Gasteiger partial charge in [0.05, 0.1) is 13.2 Å². The molecule has 0 atom stereocenters.